The number of nitrogens with zero attached hydrogens (tertiary/aromatic N) is 2. The third-order valence-corrected chi connectivity index (χ3v) is 6.34. The van der Waals surface area contributed by atoms with E-state index < -0.39 is 16.2 Å². The summed E-state index contributed by atoms with van der Waals surface area (Å²) in [4.78, 5) is 10.6. The van der Waals surface area contributed by atoms with Crippen LogP contribution in [-0.4, -0.2) is 54.3 Å². The van der Waals surface area contributed by atoms with Crippen LogP contribution >= 0.6 is 0 Å². The van der Waals surface area contributed by atoms with Gasteiger partial charge in [0.05, 0.1) is 0 Å². The summed E-state index contributed by atoms with van der Waals surface area (Å²) in [5, 5.41) is 8.68. The van der Waals surface area contributed by atoms with E-state index >= 15 is 0 Å². The summed E-state index contributed by atoms with van der Waals surface area (Å²) in [6.07, 6.45) is 5.42. The van der Waals surface area contributed by atoms with Gasteiger partial charge in [-0.2, -0.15) is 17.0 Å². The molecule has 2 aliphatic rings. The summed E-state index contributed by atoms with van der Waals surface area (Å²) in [5.41, 5.74) is 0. The smallest absolute Gasteiger partial charge is 0.303 e. The second-order valence-electron chi connectivity index (χ2n) is 5.74. The van der Waals surface area contributed by atoms with Crippen LogP contribution in [0.3, 0.4) is 0 Å². The van der Waals surface area contributed by atoms with Gasteiger partial charge in [0.15, 0.2) is 0 Å². The Kier molecular flexibility index (Phi) is 5.40. The van der Waals surface area contributed by atoms with Crippen LogP contribution in [0.15, 0.2) is 0 Å². The highest BCUT2D eigenvalue weighted by molar-refractivity contribution is 7.86. The number of aliphatic carboxylic acids is 1. The summed E-state index contributed by atoms with van der Waals surface area (Å²) in [5.74, 6) is -0.424. The molecule has 2 fully saturated rings. The minimum absolute atomic E-state index is 0.184. The maximum atomic E-state index is 12.5. The third kappa shape index (κ3) is 3.93. The van der Waals surface area contributed by atoms with Crippen LogP contribution in [0.4, 0.5) is 0 Å². The Morgan fingerprint density at radius 3 is 2.10 bits per heavy atom. The lowest BCUT2D eigenvalue weighted by atomic mass is 9.93. The van der Waals surface area contributed by atoms with E-state index in [9.17, 15) is 13.2 Å². The van der Waals surface area contributed by atoms with E-state index in [1.807, 2.05) is 0 Å². The Hall–Kier alpha value is -0.660. The van der Waals surface area contributed by atoms with E-state index in [1.54, 1.807) is 8.61 Å². The summed E-state index contributed by atoms with van der Waals surface area (Å²) in [6, 6.07) is 0. The molecule has 0 spiro atoms. The molecule has 0 atom stereocenters. The Labute approximate surface area is 120 Å². The lowest BCUT2D eigenvalue weighted by Gasteiger charge is -2.36. The van der Waals surface area contributed by atoms with Gasteiger partial charge in [0, 0.05) is 32.6 Å². The summed E-state index contributed by atoms with van der Waals surface area (Å²) >= 11 is 0. The lowest BCUT2D eigenvalue weighted by molar-refractivity contribution is -0.137. The fourth-order valence-corrected chi connectivity index (χ4v) is 4.73. The first-order valence-electron chi connectivity index (χ1n) is 7.47. The molecule has 2 heterocycles. The van der Waals surface area contributed by atoms with E-state index in [4.69, 9.17) is 5.11 Å². The standard InChI is InChI=1S/C13H24N2O4S/c16-13(17)5-4-12-6-10-15(11-7-12)20(18,19)14-8-2-1-3-9-14/h12H,1-11H2,(H,16,17). The number of carboxylic acid groups (broad SMARTS) is 1. The largest absolute Gasteiger partial charge is 0.481 e. The molecule has 0 aromatic carbocycles. The fourth-order valence-electron chi connectivity index (χ4n) is 3.02. The van der Waals surface area contributed by atoms with Crippen molar-refractivity contribution >= 4 is 16.2 Å². The predicted octanol–water partition coefficient (Wildman–Crippen LogP) is 1.29. The number of rotatable bonds is 5. The van der Waals surface area contributed by atoms with Crippen LogP contribution in [0.5, 0.6) is 0 Å². The number of hydrogen-bond acceptors (Lipinski definition) is 3. The van der Waals surface area contributed by atoms with Gasteiger partial charge in [-0.3, -0.25) is 4.79 Å². The molecule has 0 amide bonds. The zero-order valence-electron chi connectivity index (χ0n) is 11.8. The molecule has 0 radical (unpaired) electrons. The zero-order chi connectivity index (χ0) is 14.6. The van der Waals surface area contributed by atoms with Crippen molar-refractivity contribution < 1.29 is 18.3 Å². The molecule has 20 heavy (non-hydrogen) atoms. The average molecular weight is 304 g/mol. The first kappa shape index (κ1) is 15.7. The number of carbonyl (C=O) groups is 1. The van der Waals surface area contributed by atoms with Crippen LogP contribution in [0, 0.1) is 5.92 Å². The fraction of sp³-hybridized carbons (Fsp3) is 0.923. The SMILES string of the molecule is O=C(O)CCC1CCN(S(=O)(=O)N2CCCCC2)CC1. The Morgan fingerprint density at radius 2 is 1.55 bits per heavy atom. The maximum Gasteiger partial charge on any atom is 0.303 e. The van der Waals surface area contributed by atoms with Crippen molar-refractivity contribution in [1.82, 2.24) is 8.61 Å². The molecule has 1 N–H and O–H groups in total. The second kappa shape index (κ2) is 6.87. The molecular formula is C13H24N2O4S. The van der Waals surface area contributed by atoms with E-state index in [-0.39, 0.29) is 6.42 Å². The average Bonchev–Trinajstić information content (AvgIpc) is 2.46. The van der Waals surface area contributed by atoms with E-state index in [2.05, 4.69) is 0 Å². The Morgan fingerprint density at radius 1 is 1.00 bits per heavy atom. The van der Waals surface area contributed by atoms with Crippen LogP contribution in [0.1, 0.15) is 44.9 Å². The highest BCUT2D eigenvalue weighted by Crippen LogP contribution is 2.25. The van der Waals surface area contributed by atoms with Gasteiger partial charge >= 0.3 is 5.97 Å². The van der Waals surface area contributed by atoms with Gasteiger partial charge in [-0.05, 0) is 38.0 Å². The first-order chi connectivity index (χ1) is 9.50. The van der Waals surface area contributed by atoms with Crippen molar-refractivity contribution in [2.75, 3.05) is 26.2 Å². The van der Waals surface area contributed by atoms with Gasteiger partial charge < -0.3 is 5.11 Å². The van der Waals surface area contributed by atoms with E-state index in [1.165, 1.54) is 0 Å². The number of carboxylic acids is 1. The van der Waals surface area contributed by atoms with Gasteiger partial charge in [0.1, 0.15) is 0 Å². The second-order valence-corrected chi connectivity index (χ2v) is 7.67. The summed E-state index contributed by atoms with van der Waals surface area (Å²) in [7, 11) is -3.29. The summed E-state index contributed by atoms with van der Waals surface area (Å²) < 4.78 is 28.1. The molecule has 0 unspecified atom stereocenters. The summed E-state index contributed by atoms with van der Waals surface area (Å²) in [6.45, 7) is 2.34. The van der Waals surface area contributed by atoms with Crippen molar-refractivity contribution in [1.29, 1.82) is 0 Å². The molecule has 0 bridgehead atoms. The van der Waals surface area contributed by atoms with E-state index in [0.29, 0.717) is 38.5 Å². The van der Waals surface area contributed by atoms with Crippen molar-refractivity contribution in [2.45, 2.75) is 44.9 Å². The van der Waals surface area contributed by atoms with Crippen LogP contribution < -0.4 is 0 Å². The molecule has 0 saturated carbocycles. The zero-order valence-corrected chi connectivity index (χ0v) is 12.6. The van der Waals surface area contributed by atoms with Crippen molar-refractivity contribution in [3.8, 4) is 0 Å². The lowest BCUT2D eigenvalue weighted by Crippen LogP contribution is -2.48. The normalized spacial score (nSPS) is 23.8. The van der Waals surface area contributed by atoms with Gasteiger partial charge in [-0.25, -0.2) is 0 Å². The van der Waals surface area contributed by atoms with Crippen LogP contribution in [0.25, 0.3) is 0 Å². The third-order valence-electron chi connectivity index (χ3n) is 4.31. The molecule has 0 aromatic rings. The van der Waals surface area contributed by atoms with Crippen LogP contribution in [0.2, 0.25) is 0 Å². The molecule has 6 nitrogen and oxygen atoms in total. The van der Waals surface area contributed by atoms with Gasteiger partial charge in [-0.1, -0.05) is 6.42 Å². The Bertz CT molecular complexity index is 424. The minimum Gasteiger partial charge on any atom is -0.481 e. The van der Waals surface area contributed by atoms with Crippen molar-refractivity contribution in [2.24, 2.45) is 5.92 Å². The highest BCUT2D eigenvalue weighted by Gasteiger charge is 2.33. The molecule has 0 aromatic heterocycles. The molecule has 2 saturated heterocycles. The van der Waals surface area contributed by atoms with E-state index in [0.717, 1.165) is 32.1 Å². The van der Waals surface area contributed by atoms with Gasteiger partial charge in [0.25, 0.3) is 10.2 Å². The first-order valence-corrected chi connectivity index (χ1v) is 8.87. The molecule has 2 rings (SSSR count). The van der Waals surface area contributed by atoms with Crippen molar-refractivity contribution in [3.63, 3.8) is 0 Å². The number of piperidine rings is 2. The monoisotopic (exact) mass is 304 g/mol. The van der Waals surface area contributed by atoms with Gasteiger partial charge in [-0.15, -0.1) is 0 Å². The quantitative estimate of drug-likeness (QED) is 0.830. The highest BCUT2D eigenvalue weighted by atomic mass is 32.2. The Balaban J connectivity index is 1.84. The molecule has 0 aliphatic carbocycles. The minimum atomic E-state index is -3.29. The topological polar surface area (TPSA) is 77.9 Å². The maximum absolute atomic E-state index is 12.5. The molecular weight excluding hydrogens is 280 g/mol. The van der Waals surface area contributed by atoms with Crippen molar-refractivity contribution in [3.05, 3.63) is 0 Å². The molecule has 116 valence electrons. The van der Waals surface area contributed by atoms with Crippen LogP contribution in [-0.2, 0) is 15.0 Å². The predicted molar refractivity (Wildman–Crippen MR) is 75.5 cm³/mol. The molecule has 7 heteroatoms. The van der Waals surface area contributed by atoms with Gasteiger partial charge in [0.2, 0.25) is 0 Å². The molecule has 2 aliphatic heterocycles. The number of hydrogen-bond donors (Lipinski definition) is 1.